The molecule has 0 bridgehead atoms. The summed E-state index contributed by atoms with van der Waals surface area (Å²) in [6, 6.07) is 6.99. The predicted molar refractivity (Wildman–Crippen MR) is 124 cm³/mol. The van der Waals surface area contributed by atoms with E-state index in [0.717, 1.165) is 5.69 Å². The van der Waals surface area contributed by atoms with Crippen molar-refractivity contribution in [2.45, 2.75) is 32.7 Å². The van der Waals surface area contributed by atoms with Gasteiger partial charge in [-0.05, 0) is 37.6 Å². The third kappa shape index (κ3) is 5.97. The van der Waals surface area contributed by atoms with Crippen molar-refractivity contribution in [2.24, 2.45) is 11.7 Å². The molecule has 3 rings (SSSR count). The van der Waals surface area contributed by atoms with Gasteiger partial charge in [0.05, 0.1) is 18.4 Å². The number of carbonyl (C=O) groups is 3. The summed E-state index contributed by atoms with van der Waals surface area (Å²) in [5.74, 6) is -1.29. The van der Waals surface area contributed by atoms with E-state index >= 15 is 0 Å². The average molecular weight is 451 g/mol. The number of anilines is 3. The van der Waals surface area contributed by atoms with E-state index in [0.29, 0.717) is 29.0 Å². The number of hydrogen-bond donors (Lipinski definition) is 3. The molecule has 0 radical (unpaired) electrons. The van der Waals surface area contributed by atoms with Gasteiger partial charge in [-0.2, -0.15) is 9.97 Å². The molecule has 0 spiro atoms. The first kappa shape index (κ1) is 23.5. The molecule has 0 aliphatic heterocycles. The molecule has 2 heterocycles. The van der Waals surface area contributed by atoms with E-state index in [1.54, 1.807) is 30.5 Å². The standard InChI is InChI=1S/C22H26N8O3/c1-12(31)3-4-14(20(24)33)9-17(32)13-5-7-16(8-6-13)30(2)11-15-10-26-21-18(27-15)19(23)28-22(25)29-21/h5-8,10,14H,3-4,9,11H2,1-2H3,(H2,24,33)(H4,23,25,26,28,29). The number of ketones is 2. The fourth-order valence-corrected chi connectivity index (χ4v) is 3.36. The Balaban J connectivity index is 1.67. The van der Waals surface area contributed by atoms with Crippen LogP contribution in [-0.2, 0) is 16.1 Å². The van der Waals surface area contributed by atoms with E-state index in [2.05, 4.69) is 19.9 Å². The second-order valence-corrected chi connectivity index (χ2v) is 7.87. The van der Waals surface area contributed by atoms with Gasteiger partial charge >= 0.3 is 0 Å². The molecule has 0 fully saturated rings. The van der Waals surface area contributed by atoms with E-state index in [1.807, 2.05) is 11.9 Å². The third-order valence-corrected chi connectivity index (χ3v) is 5.21. The number of rotatable bonds is 10. The lowest BCUT2D eigenvalue weighted by molar-refractivity contribution is -0.122. The van der Waals surface area contributed by atoms with E-state index in [-0.39, 0.29) is 42.6 Å². The van der Waals surface area contributed by atoms with Crippen LogP contribution in [0.3, 0.4) is 0 Å². The van der Waals surface area contributed by atoms with Crippen LogP contribution in [0.15, 0.2) is 30.5 Å². The molecule has 3 aromatic rings. The van der Waals surface area contributed by atoms with Crippen LogP contribution >= 0.6 is 0 Å². The molecule has 2 aromatic heterocycles. The topological polar surface area (TPSA) is 184 Å². The molecule has 0 aliphatic rings. The third-order valence-electron chi connectivity index (χ3n) is 5.21. The van der Waals surface area contributed by atoms with Crippen LogP contribution in [0.2, 0.25) is 0 Å². The zero-order valence-electron chi connectivity index (χ0n) is 18.5. The molecule has 0 aliphatic carbocycles. The molecule has 11 nitrogen and oxygen atoms in total. The van der Waals surface area contributed by atoms with E-state index in [9.17, 15) is 14.4 Å². The van der Waals surface area contributed by atoms with Crippen molar-refractivity contribution in [1.29, 1.82) is 0 Å². The zero-order chi connectivity index (χ0) is 24.1. The summed E-state index contributed by atoms with van der Waals surface area (Å²) < 4.78 is 0. The fraction of sp³-hybridized carbons (Fsp3) is 0.318. The van der Waals surface area contributed by atoms with Crippen molar-refractivity contribution < 1.29 is 14.4 Å². The molecule has 1 aromatic carbocycles. The van der Waals surface area contributed by atoms with Gasteiger partial charge in [-0.25, -0.2) is 9.97 Å². The van der Waals surface area contributed by atoms with Crippen LogP contribution in [0.4, 0.5) is 17.5 Å². The van der Waals surface area contributed by atoms with Gasteiger partial charge in [0.25, 0.3) is 0 Å². The number of nitrogens with zero attached hydrogens (tertiary/aromatic N) is 5. The Kier molecular flexibility index (Phi) is 7.11. The quantitative estimate of drug-likeness (QED) is 0.380. The highest BCUT2D eigenvalue weighted by Gasteiger charge is 2.21. The van der Waals surface area contributed by atoms with Gasteiger partial charge in [-0.15, -0.1) is 0 Å². The number of hydrogen-bond acceptors (Lipinski definition) is 10. The van der Waals surface area contributed by atoms with E-state index in [1.165, 1.54) is 6.92 Å². The van der Waals surface area contributed by atoms with Crippen LogP contribution in [0.25, 0.3) is 11.2 Å². The number of nitrogen functional groups attached to an aromatic ring is 2. The van der Waals surface area contributed by atoms with Crippen LogP contribution in [0.5, 0.6) is 0 Å². The summed E-state index contributed by atoms with van der Waals surface area (Å²) in [7, 11) is 1.87. The highest BCUT2D eigenvalue weighted by molar-refractivity contribution is 5.98. The molecule has 172 valence electrons. The van der Waals surface area contributed by atoms with Gasteiger partial charge < -0.3 is 26.9 Å². The molecular formula is C22H26N8O3. The molecule has 0 saturated carbocycles. The number of Topliss-reactive ketones (excluding diaryl/α,β-unsaturated/α-hetero) is 2. The first-order chi connectivity index (χ1) is 15.6. The second kappa shape index (κ2) is 9.98. The van der Waals surface area contributed by atoms with Crippen LogP contribution in [0, 0.1) is 5.92 Å². The Labute approximate surface area is 190 Å². The number of nitrogens with two attached hydrogens (primary N) is 3. The van der Waals surface area contributed by atoms with Crippen LogP contribution < -0.4 is 22.1 Å². The minimum atomic E-state index is -0.665. The number of carbonyl (C=O) groups excluding carboxylic acids is 3. The molecule has 6 N–H and O–H groups in total. The predicted octanol–water partition coefficient (Wildman–Crippen LogP) is 1.26. The largest absolute Gasteiger partial charge is 0.382 e. The number of fused-ring (bicyclic) bond motifs is 1. The summed E-state index contributed by atoms with van der Waals surface area (Å²) in [6.45, 7) is 1.87. The SMILES string of the molecule is CC(=O)CCC(CC(=O)c1ccc(N(C)Cc2cnc3nc(N)nc(N)c3n2)cc1)C(N)=O. The second-order valence-electron chi connectivity index (χ2n) is 7.87. The Bertz CT molecular complexity index is 1200. The summed E-state index contributed by atoms with van der Waals surface area (Å²) >= 11 is 0. The first-order valence-corrected chi connectivity index (χ1v) is 10.3. The minimum absolute atomic E-state index is 0.0293. The lowest BCUT2D eigenvalue weighted by Crippen LogP contribution is -2.26. The summed E-state index contributed by atoms with van der Waals surface area (Å²) in [5.41, 5.74) is 19.5. The number of amides is 1. The van der Waals surface area contributed by atoms with E-state index < -0.39 is 11.8 Å². The van der Waals surface area contributed by atoms with Gasteiger partial charge in [0.2, 0.25) is 11.9 Å². The first-order valence-electron chi connectivity index (χ1n) is 10.3. The minimum Gasteiger partial charge on any atom is -0.382 e. The highest BCUT2D eigenvalue weighted by atomic mass is 16.1. The average Bonchev–Trinajstić information content (AvgIpc) is 2.76. The zero-order valence-corrected chi connectivity index (χ0v) is 18.5. The van der Waals surface area contributed by atoms with Gasteiger partial charge in [0.15, 0.2) is 22.8 Å². The van der Waals surface area contributed by atoms with Gasteiger partial charge in [-0.3, -0.25) is 9.59 Å². The molecule has 33 heavy (non-hydrogen) atoms. The maximum atomic E-state index is 12.6. The Hall–Kier alpha value is -4.15. The fourth-order valence-electron chi connectivity index (χ4n) is 3.36. The molecule has 11 heteroatoms. The number of benzene rings is 1. The number of aromatic nitrogens is 4. The normalized spacial score (nSPS) is 11.8. The van der Waals surface area contributed by atoms with Crippen molar-refractivity contribution in [3.05, 3.63) is 41.7 Å². The number of primary amides is 1. The summed E-state index contributed by atoms with van der Waals surface area (Å²) in [5, 5.41) is 0. The van der Waals surface area contributed by atoms with Crippen molar-refractivity contribution in [3.63, 3.8) is 0 Å². The Morgan fingerprint density at radius 1 is 1.06 bits per heavy atom. The Morgan fingerprint density at radius 3 is 2.39 bits per heavy atom. The monoisotopic (exact) mass is 450 g/mol. The van der Waals surface area contributed by atoms with Gasteiger partial charge in [-0.1, -0.05) is 0 Å². The maximum Gasteiger partial charge on any atom is 0.224 e. The summed E-state index contributed by atoms with van der Waals surface area (Å²) in [4.78, 5) is 54.0. The van der Waals surface area contributed by atoms with Crippen molar-refractivity contribution in [2.75, 3.05) is 23.4 Å². The van der Waals surface area contributed by atoms with Crippen molar-refractivity contribution >= 4 is 46.1 Å². The van der Waals surface area contributed by atoms with Crippen LogP contribution in [0.1, 0.15) is 42.2 Å². The molecule has 1 unspecified atom stereocenters. The maximum absolute atomic E-state index is 12.6. The van der Waals surface area contributed by atoms with Gasteiger partial charge in [0, 0.05) is 37.1 Å². The lowest BCUT2D eigenvalue weighted by atomic mass is 9.93. The molecule has 1 atom stereocenters. The molecule has 0 saturated heterocycles. The molecule has 1 amide bonds. The smallest absolute Gasteiger partial charge is 0.224 e. The van der Waals surface area contributed by atoms with Crippen molar-refractivity contribution in [1.82, 2.24) is 19.9 Å². The Morgan fingerprint density at radius 2 is 1.76 bits per heavy atom. The summed E-state index contributed by atoms with van der Waals surface area (Å²) in [6.07, 6.45) is 2.05. The lowest BCUT2D eigenvalue weighted by Gasteiger charge is -2.19. The van der Waals surface area contributed by atoms with E-state index in [4.69, 9.17) is 17.2 Å². The highest BCUT2D eigenvalue weighted by Crippen LogP contribution is 2.21. The van der Waals surface area contributed by atoms with Crippen LogP contribution in [-0.4, -0.2) is 44.5 Å². The molecular weight excluding hydrogens is 424 g/mol. The van der Waals surface area contributed by atoms with Gasteiger partial charge in [0.1, 0.15) is 5.78 Å². The van der Waals surface area contributed by atoms with Crippen molar-refractivity contribution in [3.8, 4) is 0 Å².